The van der Waals surface area contributed by atoms with Gasteiger partial charge in [0.1, 0.15) is 9.21 Å². The number of hydrogen-bond acceptors (Lipinski definition) is 2. The van der Waals surface area contributed by atoms with Gasteiger partial charge in [-0.15, -0.1) is 0 Å². The molecule has 0 saturated heterocycles. The zero-order valence-electron chi connectivity index (χ0n) is 18.2. The highest BCUT2D eigenvalue weighted by molar-refractivity contribution is 9.10. The van der Waals surface area contributed by atoms with Crippen molar-refractivity contribution in [2.45, 2.75) is 26.2 Å². The van der Waals surface area contributed by atoms with Crippen LogP contribution in [-0.2, 0) is 5.41 Å². The van der Waals surface area contributed by atoms with E-state index in [1.54, 1.807) is 0 Å². The molecular weight excluding hydrogens is 524 g/mol. The Bertz CT molecular complexity index is 1480. The smallest absolute Gasteiger partial charge is 0.106 e. The van der Waals surface area contributed by atoms with Gasteiger partial charge in [0.05, 0.1) is 11.4 Å². The minimum atomic E-state index is 0.0377. The molecule has 158 valence electrons. The molecule has 0 aliphatic heterocycles. The molecule has 4 heteroatoms. The quantitative estimate of drug-likeness (QED) is 0.163. The lowest BCUT2D eigenvalue weighted by molar-refractivity contribution is 0.591. The van der Waals surface area contributed by atoms with Crippen molar-refractivity contribution in [1.82, 2.24) is 9.97 Å². The van der Waals surface area contributed by atoms with Gasteiger partial charge in [-0.2, -0.15) is 0 Å². The van der Waals surface area contributed by atoms with Crippen molar-refractivity contribution in [2.24, 2.45) is 0 Å². The van der Waals surface area contributed by atoms with Gasteiger partial charge in [0.2, 0.25) is 0 Å². The van der Waals surface area contributed by atoms with E-state index in [0.717, 1.165) is 31.7 Å². The number of fused-ring (bicyclic) bond motifs is 2. The van der Waals surface area contributed by atoms with E-state index in [2.05, 4.69) is 107 Å². The Kier molecular flexibility index (Phi) is 5.39. The summed E-state index contributed by atoms with van der Waals surface area (Å²) in [6.07, 6.45) is 0. The highest BCUT2D eigenvalue weighted by atomic mass is 79.9. The first-order valence-electron chi connectivity index (χ1n) is 10.6. The van der Waals surface area contributed by atoms with Crippen LogP contribution in [0.3, 0.4) is 0 Å². The molecule has 0 aliphatic carbocycles. The van der Waals surface area contributed by atoms with Crippen LogP contribution in [0.4, 0.5) is 0 Å². The van der Waals surface area contributed by atoms with Crippen molar-refractivity contribution < 1.29 is 0 Å². The molecule has 0 spiro atoms. The first-order valence-corrected chi connectivity index (χ1v) is 12.2. The van der Waals surface area contributed by atoms with Crippen LogP contribution in [0, 0.1) is 0 Å². The average Bonchev–Trinajstić information content (AvgIpc) is 2.76. The van der Waals surface area contributed by atoms with Crippen molar-refractivity contribution in [1.29, 1.82) is 0 Å². The van der Waals surface area contributed by atoms with E-state index in [1.807, 2.05) is 24.3 Å². The van der Waals surface area contributed by atoms with Gasteiger partial charge in [-0.1, -0.05) is 69.3 Å². The molecule has 0 N–H and O–H groups in total. The topological polar surface area (TPSA) is 25.8 Å². The third-order valence-electron chi connectivity index (χ3n) is 5.83. The number of benzene rings is 3. The van der Waals surface area contributed by atoms with Crippen molar-refractivity contribution in [2.75, 3.05) is 0 Å². The fourth-order valence-corrected chi connectivity index (χ4v) is 4.98. The van der Waals surface area contributed by atoms with Gasteiger partial charge in [0.25, 0.3) is 0 Å². The molecule has 2 nitrogen and oxygen atoms in total. The van der Waals surface area contributed by atoms with E-state index in [-0.39, 0.29) is 5.41 Å². The van der Waals surface area contributed by atoms with E-state index < -0.39 is 0 Å². The van der Waals surface area contributed by atoms with Crippen LogP contribution in [0.25, 0.3) is 44.1 Å². The standard InChI is InChI=1S/C28H22Br2N2/c1-28(2,3)17-14-15-20-21(16-17)27(23-11-7-13-25(30)32-23)19-9-5-4-8-18(19)26(20)22-10-6-12-24(29)31-22/h4-16H,1-3H3. The summed E-state index contributed by atoms with van der Waals surface area (Å²) in [5.41, 5.74) is 5.55. The summed E-state index contributed by atoms with van der Waals surface area (Å²) < 4.78 is 1.66. The predicted octanol–water partition coefficient (Wildman–Crippen LogP) is 8.94. The summed E-state index contributed by atoms with van der Waals surface area (Å²) in [6, 6.07) is 27.6. The number of rotatable bonds is 2. The molecule has 0 saturated carbocycles. The molecule has 5 aromatic rings. The number of aromatic nitrogens is 2. The maximum Gasteiger partial charge on any atom is 0.106 e. The zero-order valence-corrected chi connectivity index (χ0v) is 21.3. The largest absolute Gasteiger partial charge is 0.241 e. The Morgan fingerprint density at radius 2 is 1.06 bits per heavy atom. The normalized spacial score (nSPS) is 11.9. The van der Waals surface area contributed by atoms with Gasteiger partial charge in [0, 0.05) is 11.1 Å². The molecule has 2 heterocycles. The van der Waals surface area contributed by atoms with Crippen molar-refractivity contribution >= 4 is 53.4 Å². The maximum absolute atomic E-state index is 4.85. The number of halogens is 2. The molecular formula is C28H22Br2N2. The van der Waals surface area contributed by atoms with Crippen LogP contribution in [0.5, 0.6) is 0 Å². The van der Waals surface area contributed by atoms with Crippen molar-refractivity contribution in [3.05, 3.63) is 93.6 Å². The molecule has 0 fully saturated rings. The summed E-state index contributed by atoms with van der Waals surface area (Å²) in [4.78, 5) is 9.67. The first kappa shape index (κ1) is 21.3. The summed E-state index contributed by atoms with van der Waals surface area (Å²) in [5, 5.41) is 4.72. The van der Waals surface area contributed by atoms with Crippen LogP contribution < -0.4 is 0 Å². The highest BCUT2D eigenvalue weighted by Gasteiger charge is 2.21. The maximum atomic E-state index is 4.85. The predicted molar refractivity (Wildman–Crippen MR) is 142 cm³/mol. The van der Waals surface area contributed by atoms with Gasteiger partial charge in [-0.05, 0) is 94.7 Å². The van der Waals surface area contributed by atoms with Crippen LogP contribution in [0.15, 0.2) is 88.1 Å². The van der Waals surface area contributed by atoms with E-state index in [1.165, 1.54) is 27.1 Å². The Morgan fingerprint density at radius 3 is 1.56 bits per heavy atom. The highest BCUT2D eigenvalue weighted by Crippen LogP contribution is 2.44. The second-order valence-electron chi connectivity index (χ2n) is 9.00. The molecule has 3 aromatic carbocycles. The second kappa shape index (κ2) is 8.09. The third-order valence-corrected chi connectivity index (χ3v) is 6.72. The molecule has 5 rings (SSSR count). The van der Waals surface area contributed by atoms with Crippen molar-refractivity contribution in [3.8, 4) is 22.5 Å². The van der Waals surface area contributed by atoms with E-state index in [4.69, 9.17) is 9.97 Å². The van der Waals surface area contributed by atoms with Gasteiger partial charge in [-0.25, -0.2) is 9.97 Å². The number of hydrogen-bond donors (Lipinski definition) is 0. The van der Waals surface area contributed by atoms with Crippen LogP contribution in [-0.4, -0.2) is 9.97 Å². The Morgan fingerprint density at radius 1 is 0.562 bits per heavy atom. The monoisotopic (exact) mass is 544 g/mol. The van der Waals surface area contributed by atoms with E-state index >= 15 is 0 Å². The molecule has 0 aliphatic rings. The number of nitrogens with zero attached hydrogens (tertiary/aromatic N) is 2. The Hall–Kier alpha value is -2.56. The van der Waals surface area contributed by atoms with Crippen LogP contribution in [0.2, 0.25) is 0 Å². The lowest BCUT2D eigenvalue weighted by Crippen LogP contribution is -2.10. The van der Waals surface area contributed by atoms with Gasteiger partial charge >= 0.3 is 0 Å². The SMILES string of the molecule is CC(C)(C)c1ccc2c(-c3cccc(Br)n3)c3ccccc3c(-c3cccc(Br)n3)c2c1. The van der Waals surface area contributed by atoms with Crippen LogP contribution >= 0.6 is 31.9 Å². The summed E-state index contributed by atoms with van der Waals surface area (Å²) in [5.74, 6) is 0. The minimum Gasteiger partial charge on any atom is -0.241 e. The van der Waals surface area contributed by atoms with Gasteiger partial charge in [-0.3, -0.25) is 0 Å². The average molecular weight is 546 g/mol. The summed E-state index contributed by atoms with van der Waals surface area (Å²) in [7, 11) is 0. The van der Waals surface area contributed by atoms with E-state index in [9.17, 15) is 0 Å². The molecule has 32 heavy (non-hydrogen) atoms. The van der Waals surface area contributed by atoms with Crippen LogP contribution in [0.1, 0.15) is 26.3 Å². The molecule has 0 bridgehead atoms. The lowest BCUT2D eigenvalue weighted by atomic mass is 9.82. The Labute approximate surface area is 205 Å². The first-order chi connectivity index (χ1) is 15.3. The number of pyridine rings is 2. The van der Waals surface area contributed by atoms with Gasteiger partial charge in [0.15, 0.2) is 0 Å². The van der Waals surface area contributed by atoms with Gasteiger partial charge < -0.3 is 0 Å². The minimum absolute atomic E-state index is 0.0377. The molecule has 0 atom stereocenters. The van der Waals surface area contributed by atoms with E-state index in [0.29, 0.717) is 0 Å². The third kappa shape index (κ3) is 3.76. The molecule has 0 amide bonds. The molecule has 0 unspecified atom stereocenters. The molecule has 0 radical (unpaired) electrons. The van der Waals surface area contributed by atoms with Crippen molar-refractivity contribution in [3.63, 3.8) is 0 Å². The summed E-state index contributed by atoms with van der Waals surface area (Å²) in [6.45, 7) is 6.76. The lowest BCUT2D eigenvalue weighted by Gasteiger charge is -2.22. The zero-order chi connectivity index (χ0) is 22.5. The Balaban J connectivity index is 2.01. The summed E-state index contributed by atoms with van der Waals surface area (Å²) >= 11 is 7.12. The second-order valence-corrected chi connectivity index (χ2v) is 10.6. The fraction of sp³-hybridized carbons (Fsp3) is 0.143. The fourth-order valence-electron chi connectivity index (χ4n) is 4.29. The molecule has 2 aromatic heterocycles.